The first kappa shape index (κ1) is 33.4. The van der Waals surface area contributed by atoms with Crippen LogP contribution in [0.5, 0.6) is 0 Å². The van der Waals surface area contributed by atoms with E-state index in [1.807, 2.05) is 18.2 Å². The Morgan fingerprint density at radius 1 is 0.429 bits per heavy atom. The predicted molar refractivity (Wildman–Crippen MR) is 232 cm³/mol. The molecule has 6 nitrogen and oxygen atoms in total. The molecule has 0 radical (unpaired) electrons. The molecule has 0 unspecified atom stereocenters. The summed E-state index contributed by atoms with van der Waals surface area (Å²) >= 11 is 0. The number of rotatable bonds is 7. The van der Waals surface area contributed by atoms with Crippen molar-refractivity contribution in [2.75, 3.05) is 9.80 Å². The van der Waals surface area contributed by atoms with Crippen molar-refractivity contribution in [1.29, 1.82) is 0 Å². The lowest BCUT2D eigenvalue weighted by atomic mass is 10.1. The van der Waals surface area contributed by atoms with Crippen LogP contribution < -0.4 is 9.80 Å². The number of benzene rings is 7. The third-order valence-electron chi connectivity index (χ3n) is 10.8. The monoisotopic (exact) mass is 725 g/mol. The quantitative estimate of drug-likeness (QED) is 0.164. The number of nitrogens with zero attached hydrogens (tertiary/aromatic N) is 5. The number of para-hydroxylation sites is 1. The van der Waals surface area contributed by atoms with Crippen molar-refractivity contribution in [2.45, 2.75) is 27.7 Å². The van der Waals surface area contributed by atoms with Crippen LogP contribution in [0.25, 0.3) is 49.7 Å². The fourth-order valence-corrected chi connectivity index (χ4v) is 7.85. The third kappa shape index (κ3) is 5.66. The van der Waals surface area contributed by atoms with Crippen LogP contribution in [-0.4, -0.2) is 14.5 Å². The molecule has 56 heavy (non-hydrogen) atoms. The minimum absolute atomic E-state index is 0.655. The second-order valence-corrected chi connectivity index (χ2v) is 14.7. The Morgan fingerprint density at radius 2 is 0.839 bits per heavy atom. The largest absolute Gasteiger partial charge is 0.450 e. The molecule has 0 aliphatic rings. The molecule has 3 aromatic heterocycles. The average Bonchev–Trinajstić information content (AvgIpc) is 3.76. The van der Waals surface area contributed by atoms with Gasteiger partial charge in [-0.25, -0.2) is 9.97 Å². The molecule has 6 heteroatoms. The van der Waals surface area contributed by atoms with Gasteiger partial charge in [0.1, 0.15) is 17.4 Å². The Labute approximate surface area is 325 Å². The van der Waals surface area contributed by atoms with Crippen molar-refractivity contribution < 1.29 is 4.42 Å². The molecule has 0 bridgehead atoms. The van der Waals surface area contributed by atoms with Crippen molar-refractivity contribution in [3.63, 3.8) is 0 Å². The van der Waals surface area contributed by atoms with E-state index in [1.54, 1.807) is 6.33 Å². The second-order valence-electron chi connectivity index (χ2n) is 14.7. The van der Waals surface area contributed by atoms with Gasteiger partial charge in [0.15, 0.2) is 11.4 Å². The summed E-state index contributed by atoms with van der Waals surface area (Å²) < 4.78 is 8.77. The van der Waals surface area contributed by atoms with Gasteiger partial charge in [-0.05, 0) is 125 Å². The van der Waals surface area contributed by atoms with E-state index >= 15 is 0 Å². The molecule has 270 valence electrons. The molecular formula is C50H39N5O. The Hall–Kier alpha value is -7.18. The van der Waals surface area contributed by atoms with Crippen LogP contribution in [-0.2, 0) is 0 Å². The van der Waals surface area contributed by atoms with Crippen molar-refractivity contribution in [3.8, 4) is 5.82 Å². The van der Waals surface area contributed by atoms with Gasteiger partial charge < -0.3 is 14.2 Å². The summed E-state index contributed by atoms with van der Waals surface area (Å²) in [4.78, 5) is 14.3. The Bertz CT molecular complexity index is 2810. The summed E-state index contributed by atoms with van der Waals surface area (Å²) in [6.07, 6.45) is 1.65. The van der Waals surface area contributed by atoms with Crippen LogP contribution in [0.1, 0.15) is 22.3 Å². The molecule has 0 amide bonds. The first-order valence-electron chi connectivity index (χ1n) is 19.0. The highest BCUT2D eigenvalue weighted by Gasteiger charge is 2.23. The van der Waals surface area contributed by atoms with Crippen LogP contribution in [0.15, 0.2) is 168 Å². The van der Waals surface area contributed by atoms with Crippen LogP contribution in [0, 0.1) is 27.7 Å². The molecule has 0 N–H and O–H groups in total. The van der Waals surface area contributed by atoms with Gasteiger partial charge in [-0.2, -0.15) is 0 Å². The molecule has 7 aromatic carbocycles. The zero-order valence-corrected chi connectivity index (χ0v) is 31.7. The van der Waals surface area contributed by atoms with Gasteiger partial charge in [0.25, 0.3) is 0 Å². The molecule has 10 aromatic rings. The average molecular weight is 726 g/mol. The topological polar surface area (TPSA) is 50.3 Å². The zero-order chi connectivity index (χ0) is 37.9. The van der Waals surface area contributed by atoms with E-state index in [4.69, 9.17) is 14.4 Å². The van der Waals surface area contributed by atoms with Gasteiger partial charge in [0, 0.05) is 50.3 Å². The van der Waals surface area contributed by atoms with E-state index in [-0.39, 0.29) is 0 Å². The van der Waals surface area contributed by atoms with E-state index < -0.39 is 0 Å². The molecule has 0 atom stereocenters. The summed E-state index contributed by atoms with van der Waals surface area (Å²) in [7, 11) is 0. The van der Waals surface area contributed by atoms with E-state index in [0.29, 0.717) is 11.4 Å². The highest BCUT2D eigenvalue weighted by molar-refractivity contribution is 6.13. The second kappa shape index (κ2) is 13.3. The SMILES string of the molecule is Cc1ccc(N(c2ccc(C)cc2)c2ccc3c(c2)c2cc(N(c4ccc(C)cc4)c4ccc(C)cc4)ccc2n3-c2ncnc3c2oc2ccccc23)cc1. The van der Waals surface area contributed by atoms with Crippen molar-refractivity contribution in [1.82, 2.24) is 14.5 Å². The number of aromatic nitrogens is 3. The molecule has 0 spiro atoms. The van der Waals surface area contributed by atoms with Crippen molar-refractivity contribution in [3.05, 3.63) is 186 Å². The van der Waals surface area contributed by atoms with Gasteiger partial charge in [-0.1, -0.05) is 82.9 Å². The minimum Gasteiger partial charge on any atom is -0.450 e. The van der Waals surface area contributed by atoms with Gasteiger partial charge in [-0.15, -0.1) is 0 Å². The normalized spacial score (nSPS) is 11.6. The molecule has 0 aliphatic carbocycles. The molecule has 0 saturated heterocycles. The molecule has 0 fully saturated rings. The molecule has 0 saturated carbocycles. The molecule has 0 aliphatic heterocycles. The number of hydrogen-bond donors (Lipinski definition) is 0. The van der Waals surface area contributed by atoms with Crippen LogP contribution in [0.4, 0.5) is 34.1 Å². The lowest BCUT2D eigenvalue weighted by molar-refractivity contribution is 0.662. The molecular weight excluding hydrogens is 687 g/mol. The number of anilines is 6. The Balaban J connectivity index is 1.26. The van der Waals surface area contributed by atoms with E-state index in [2.05, 4.69) is 182 Å². The summed E-state index contributed by atoms with van der Waals surface area (Å²) in [5.74, 6) is 0.703. The summed E-state index contributed by atoms with van der Waals surface area (Å²) in [5, 5.41) is 3.16. The van der Waals surface area contributed by atoms with E-state index in [0.717, 1.165) is 72.4 Å². The summed E-state index contributed by atoms with van der Waals surface area (Å²) in [6, 6.07) is 56.5. The maximum Gasteiger partial charge on any atom is 0.197 e. The van der Waals surface area contributed by atoms with E-state index in [9.17, 15) is 0 Å². The van der Waals surface area contributed by atoms with Gasteiger partial charge in [0.05, 0.1) is 11.0 Å². The number of furan rings is 1. The van der Waals surface area contributed by atoms with Gasteiger partial charge in [0.2, 0.25) is 0 Å². The number of hydrogen-bond acceptors (Lipinski definition) is 5. The minimum atomic E-state index is 0.655. The molecule has 10 rings (SSSR count). The maximum atomic E-state index is 6.54. The van der Waals surface area contributed by atoms with Crippen LogP contribution >= 0.6 is 0 Å². The number of aryl methyl sites for hydroxylation is 4. The zero-order valence-electron chi connectivity index (χ0n) is 31.7. The third-order valence-corrected chi connectivity index (χ3v) is 10.8. The van der Waals surface area contributed by atoms with Crippen molar-refractivity contribution >= 4 is 78.0 Å². The van der Waals surface area contributed by atoms with Crippen molar-refractivity contribution in [2.24, 2.45) is 0 Å². The first-order chi connectivity index (χ1) is 27.4. The first-order valence-corrected chi connectivity index (χ1v) is 19.0. The Morgan fingerprint density at radius 3 is 1.29 bits per heavy atom. The lowest BCUT2D eigenvalue weighted by Gasteiger charge is -2.26. The van der Waals surface area contributed by atoms with Crippen LogP contribution in [0.2, 0.25) is 0 Å². The van der Waals surface area contributed by atoms with Gasteiger partial charge in [-0.3, -0.25) is 4.57 Å². The highest BCUT2D eigenvalue weighted by atomic mass is 16.3. The maximum absolute atomic E-state index is 6.54. The summed E-state index contributed by atoms with van der Waals surface area (Å²) in [6.45, 7) is 8.50. The smallest absolute Gasteiger partial charge is 0.197 e. The van der Waals surface area contributed by atoms with E-state index in [1.165, 1.54) is 22.3 Å². The highest BCUT2D eigenvalue weighted by Crippen LogP contribution is 2.43. The molecule has 3 heterocycles. The fourth-order valence-electron chi connectivity index (χ4n) is 7.85. The standard InChI is InChI=1S/C50H39N5O/c1-32-9-17-36(18-10-32)53(37-19-11-33(2)12-20-37)40-25-27-45-43(29-40)44-30-41(54(38-21-13-34(3)14-22-38)39-23-15-35(4)16-24-39)26-28-46(44)55(45)50-49-48(51-31-52-50)42-7-5-6-8-47(42)56-49/h5-31H,1-4H3. The lowest BCUT2D eigenvalue weighted by Crippen LogP contribution is -2.10. The van der Waals surface area contributed by atoms with Crippen LogP contribution in [0.3, 0.4) is 0 Å². The summed E-state index contributed by atoms with van der Waals surface area (Å²) in [5.41, 5.74) is 15.6. The Kier molecular flexibility index (Phi) is 7.92. The fraction of sp³-hybridized carbons (Fsp3) is 0.0800. The number of fused-ring (bicyclic) bond motifs is 6. The van der Waals surface area contributed by atoms with Gasteiger partial charge >= 0.3 is 0 Å². The predicted octanol–water partition coefficient (Wildman–Crippen LogP) is 13.6.